The van der Waals surface area contributed by atoms with Crippen LogP contribution in [0.5, 0.6) is 5.75 Å². The first-order valence-electron chi connectivity index (χ1n) is 8.87. The number of aromatic nitrogens is 1. The van der Waals surface area contributed by atoms with Crippen molar-refractivity contribution in [3.05, 3.63) is 60.8 Å². The van der Waals surface area contributed by atoms with Gasteiger partial charge in [0, 0.05) is 30.2 Å². The summed E-state index contributed by atoms with van der Waals surface area (Å²) >= 11 is 0. The van der Waals surface area contributed by atoms with Crippen molar-refractivity contribution in [2.75, 3.05) is 23.4 Å². The molecule has 1 aliphatic heterocycles. The van der Waals surface area contributed by atoms with Gasteiger partial charge in [-0.25, -0.2) is 0 Å². The highest BCUT2D eigenvalue weighted by Gasteiger charge is 2.21. The van der Waals surface area contributed by atoms with Crippen molar-refractivity contribution in [1.29, 1.82) is 0 Å². The number of benzene rings is 2. The number of hydrogen-bond donors (Lipinski definition) is 1. The Bertz CT molecular complexity index is 980. The quantitative estimate of drug-likeness (QED) is 0.756. The Labute approximate surface area is 156 Å². The van der Waals surface area contributed by atoms with E-state index in [-0.39, 0.29) is 18.4 Å². The summed E-state index contributed by atoms with van der Waals surface area (Å²) in [4.78, 5) is 30.1. The maximum atomic E-state index is 12.2. The van der Waals surface area contributed by atoms with Gasteiger partial charge in [-0.3, -0.25) is 14.6 Å². The molecule has 2 heterocycles. The summed E-state index contributed by atoms with van der Waals surface area (Å²) in [5, 5.41) is 3.80. The third kappa shape index (κ3) is 3.74. The zero-order chi connectivity index (χ0) is 18.6. The normalized spacial score (nSPS) is 13.8. The van der Waals surface area contributed by atoms with Gasteiger partial charge in [0.05, 0.1) is 11.2 Å². The van der Waals surface area contributed by atoms with E-state index in [1.54, 1.807) is 23.2 Å². The highest BCUT2D eigenvalue weighted by atomic mass is 16.5. The molecule has 6 nitrogen and oxygen atoms in total. The van der Waals surface area contributed by atoms with Crippen LogP contribution in [0.3, 0.4) is 0 Å². The topological polar surface area (TPSA) is 71.5 Å². The molecule has 1 aromatic heterocycles. The number of pyridine rings is 1. The van der Waals surface area contributed by atoms with Gasteiger partial charge in [-0.05, 0) is 42.8 Å². The van der Waals surface area contributed by atoms with Gasteiger partial charge in [0.2, 0.25) is 5.91 Å². The summed E-state index contributed by atoms with van der Waals surface area (Å²) in [5.41, 5.74) is 2.26. The fourth-order valence-corrected chi connectivity index (χ4v) is 3.18. The van der Waals surface area contributed by atoms with Gasteiger partial charge < -0.3 is 15.0 Å². The number of nitrogens with zero attached hydrogens (tertiary/aromatic N) is 2. The number of carbonyl (C=O) groups is 2. The zero-order valence-corrected chi connectivity index (χ0v) is 14.7. The van der Waals surface area contributed by atoms with E-state index in [1.807, 2.05) is 42.5 Å². The highest BCUT2D eigenvalue weighted by Crippen LogP contribution is 2.24. The molecule has 1 N–H and O–H groups in total. The number of para-hydroxylation sites is 1. The van der Waals surface area contributed by atoms with Crippen LogP contribution in [0.2, 0.25) is 0 Å². The minimum Gasteiger partial charge on any atom is -0.484 e. The molecule has 1 saturated heterocycles. The van der Waals surface area contributed by atoms with Crippen LogP contribution in [0.4, 0.5) is 11.4 Å². The molecule has 0 spiro atoms. The zero-order valence-electron chi connectivity index (χ0n) is 14.7. The highest BCUT2D eigenvalue weighted by molar-refractivity contribution is 6.00. The number of anilines is 2. The first kappa shape index (κ1) is 17.0. The summed E-state index contributed by atoms with van der Waals surface area (Å²) in [7, 11) is 0. The maximum absolute atomic E-state index is 12.2. The number of hydrogen-bond acceptors (Lipinski definition) is 4. The summed E-state index contributed by atoms with van der Waals surface area (Å²) in [6.45, 7) is 0.645. The van der Waals surface area contributed by atoms with Crippen LogP contribution in [0.15, 0.2) is 60.8 Å². The maximum Gasteiger partial charge on any atom is 0.262 e. The van der Waals surface area contributed by atoms with Crippen molar-refractivity contribution < 1.29 is 14.3 Å². The second-order valence-electron chi connectivity index (χ2n) is 6.36. The second-order valence-corrected chi connectivity index (χ2v) is 6.36. The van der Waals surface area contributed by atoms with Crippen molar-refractivity contribution in [3.63, 3.8) is 0 Å². The molecule has 1 fully saturated rings. The molecule has 1 aliphatic rings. The van der Waals surface area contributed by atoms with Crippen molar-refractivity contribution >= 4 is 34.1 Å². The van der Waals surface area contributed by atoms with Gasteiger partial charge in [-0.2, -0.15) is 0 Å². The number of ether oxygens (including phenoxy) is 1. The van der Waals surface area contributed by atoms with Crippen LogP contribution in [-0.2, 0) is 9.59 Å². The lowest BCUT2D eigenvalue weighted by atomic mass is 10.2. The third-order valence-electron chi connectivity index (χ3n) is 4.50. The van der Waals surface area contributed by atoms with E-state index in [9.17, 15) is 9.59 Å². The molecule has 3 aromatic rings. The molecular formula is C21H19N3O3. The van der Waals surface area contributed by atoms with E-state index >= 15 is 0 Å². The van der Waals surface area contributed by atoms with Crippen LogP contribution < -0.4 is 15.0 Å². The first-order valence-corrected chi connectivity index (χ1v) is 8.87. The van der Waals surface area contributed by atoms with Crippen LogP contribution in [0.25, 0.3) is 10.9 Å². The number of fused-ring (bicyclic) bond motifs is 1. The minimum absolute atomic E-state index is 0.106. The molecule has 2 amide bonds. The third-order valence-corrected chi connectivity index (χ3v) is 4.50. The summed E-state index contributed by atoms with van der Waals surface area (Å²) < 4.78 is 5.56. The van der Waals surface area contributed by atoms with E-state index in [4.69, 9.17) is 4.74 Å². The van der Waals surface area contributed by atoms with Crippen LogP contribution in [0.1, 0.15) is 12.8 Å². The number of nitrogens with one attached hydrogen (secondary N) is 1. The van der Waals surface area contributed by atoms with Gasteiger partial charge in [0.25, 0.3) is 5.91 Å². The van der Waals surface area contributed by atoms with Gasteiger partial charge in [0.1, 0.15) is 5.75 Å². The van der Waals surface area contributed by atoms with Gasteiger partial charge in [0.15, 0.2) is 6.61 Å². The monoisotopic (exact) mass is 361 g/mol. The minimum atomic E-state index is -0.257. The fraction of sp³-hybridized carbons (Fsp3) is 0.190. The largest absolute Gasteiger partial charge is 0.484 e. The lowest BCUT2D eigenvalue weighted by molar-refractivity contribution is -0.118. The Morgan fingerprint density at radius 1 is 1.11 bits per heavy atom. The predicted octanol–water partition coefficient (Wildman–Crippen LogP) is 3.38. The molecule has 0 saturated carbocycles. The molecule has 0 unspecified atom stereocenters. The number of amides is 2. The smallest absolute Gasteiger partial charge is 0.262 e. The molecule has 27 heavy (non-hydrogen) atoms. The predicted molar refractivity (Wildman–Crippen MR) is 104 cm³/mol. The number of carbonyl (C=O) groups excluding carboxylic acids is 2. The SMILES string of the molecule is O=C(COc1ccc(N2CCCC2=O)cc1)Nc1cccc2cccnc12. The van der Waals surface area contributed by atoms with E-state index in [0.29, 0.717) is 17.9 Å². The molecule has 0 atom stereocenters. The molecular weight excluding hydrogens is 342 g/mol. The standard InChI is InChI=1S/C21H19N3O3/c25-19(23-18-6-1-4-15-5-2-12-22-21(15)18)14-27-17-10-8-16(9-11-17)24-13-3-7-20(24)26/h1-2,4-6,8-12H,3,7,13-14H2,(H,23,25). The first-order chi connectivity index (χ1) is 13.2. The fourth-order valence-electron chi connectivity index (χ4n) is 3.18. The Kier molecular flexibility index (Phi) is 4.70. The summed E-state index contributed by atoms with van der Waals surface area (Å²) in [5.74, 6) is 0.468. The molecule has 4 rings (SSSR count). The molecule has 0 bridgehead atoms. The van der Waals surface area contributed by atoms with Crippen molar-refractivity contribution in [3.8, 4) is 5.75 Å². The van der Waals surface area contributed by atoms with Crippen LogP contribution in [0, 0.1) is 0 Å². The van der Waals surface area contributed by atoms with E-state index in [1.165, 1.54) is 0 Å². The lowest BCUT2D eigenvalue weighted by Crippen LogP contribution is -2.23. The van der Waals surface area contributed by atoms with Crippen molar-refractivity contribution in [2.45, 2.75) is 12.8 Å². The van der Waals surface area contributed by atoms with Gasteiger partial charge >= 0.3 is 0 Å². The van der Waals surface area contributed by atoms with E-state index in [0.717, 1.165) is 29.6 Å². The van der Waals surface area contributed by atoms with Gasteiger partial charge in [-0.15, -0.1) is 0 Å². The average molecular weight is 361 g/mol. The van der Waals surface area contributed by atoms with Crippen LogP contribution in [-0.4, -0.2) is 29.9 Å². The molecule has 136 valence electrons. The Morgan fingerprint density at radius 3 is 2.70 bits per heavy atom. The van der Waals surface area contributed by atoms with E-state index < -0.39 is 0 Å². The summed E-state index contributed by atoms with van der Waals surface area (Å²) in [6, 6.07) is 16.7. The Morgan fingerprint density at radius 2 is 1.93 bits per heavy atom. The molecule has 0 aliphatic carbocycles. The van der Waals surface area contributed by atoms with Gasteiger partial charge in [-0.1, -0.05) is 18.2 Å². The van der Waals surface area contributed by atoms with Crippen LogP contribution >= 0.6 is 0 Å². The molecule has 6 heteroatoms. The average Bonchev–Trinajstić information content (AvgIpc) is 3.13. The van der Waals surface area contributed by atoms with Crippen molar-refractivity contribution in [1.82, 2.24) is 4.98 Å². The van der Waals surface area contributed by atoms with E-state index in [2.05, 4.69) is 10.3 Å². The van der Waals surface area contributed by atoms with Crippen molar-refractivity contribution in [2.24, 2.45) is 0 Å². The number of rotatable bonds is 5. The summed E-state index contributed by atoms with van der Waals surface area (Å²) in [6.07, 6.45) is 3.18. The Hall–Kier alpha value is -3.41. The lowest BCUT2D eigenvalue weighted by Gasteiger charge is -2.16. The molecule has 0 radical (unpaired) electrons. The second kappa shape index (κ2) is 7.45. The molecule has 2 aromatic carbocycles. The Balaban J connectivity index is 1.37.